The molecule has 2 aromatic rings. The van der Waals surface area contributed by atoms with Crippen molar-refractivity contribution in [2.45, 2.75) is 45.6 Å². The van der Waals surface area contributed by atoms with Gasteiger partial charge in [-0.05, 0) is 57.2 Å². The number of hydrogen-bond donors (Lipinski definition) is 0. The highest BCUT2D eigenvalue weighted by atomic mass is 16.6. The summed E-state index contributed by atoms with van der Waals surface area (Å²) in [6, 6.07) is 3.65. The summed E-state index contributed by atoms with van der Waals surface area (Å²) in [5.74, 6) is 0.176. The molecule has 0 saturated carbocycles. The van der Waals surface area contributed by atoms with E-state index in [1.165, 1.54) is 7.11 Å². The molecule has 0 N–H and O–H groups in total. The normalized spacial score (nSPS) is 14.7. The van der Waals surface area contributed by atoms with Crippen LogP contribution < -0.4 is 15.1 Å². The Bertz CT molecular complexity index is 851. The summed E-state index contributed by atoms with van der Waals surface area (Å²) in [6.45, 7) is 3.59. The van der Waals surface area contributed by atoms with E-state index in [1.807, 2.05) is 6.07 Å². The maximum absolute atomic E-state index is 12.4. The number of aryl methyl sites for hydroxylation is 1. The SMILES string of the molecule is CCOC(=O)[C@H](C)Oc1c(OC)ccc2c3c(c(=O)oc12)CCCC3. The highest BCUT2D eigenvalue weighted by Crippen LogP contribution is 2.39. The Hall–Kier alpha value is -2.50. The van der Waals surface area contributed by atoms with Crippen molar-refractivity contribution in [2.75, 3.05) is 13.7 Å². The zero-order valence-corrected chi connectivity index (χ0v) is 14.7. The van der Waals surface area contributed by atoms with Crippen LogP contribution in [0.1, 0.15) is 37.8 Å². The third-order valence-corrected chi connectivity index (χ3v) is 4.44. The number of fused-ring (bicyclic) bond motifs is 3. The van der Waals surface area contributed by atoms with E-state index in [4.69, 9.17) is 18.6 Å². The molecule has 0 spiro atoms. The van der Waals surface area contributed by atoms with Gasteiger partial charge in [-0.1, -0.05) is 0 Å². The molecule has 1 aliphatic carbocycles. The highest BCUT2D eigenvalue weighted by Gasteiger charge is 2.25. The van der Waals surface area contributed by atoms with Gasteiger partial charge in [0.25, 0.3) is 0 Å². The molecule has 1 aromatic heterocycles. The fourth-order valence-corrected chi connectivity index (χ4v) is 3.22. The van der Waals surface area contributed by atoms with Crippen molar-refractivity contribution in [1.29, 1.82) is 0 Å². The summed E-state index contributed by atoms with van der Waals surface area (Å²) in [5.41, 5.74) is 1.73. The Kier molecular flexibility index (Phi) is 4.97. The summed E-state index contributed by atoms with van der Waals surface area (Å²) in [7, 11) is 1.50. The minimum atomic E-state index is -0.846. The van der Waals surface area contributed by atoms with Crippen LogP contribution >= 0.6 is 0 Å². The zero-order valence-electron chi connectivity index (χ0n) is 14.7. The van der Waals surface area contributed by atoms with Crippen LogP contribution in [0.15, 0.2) is 21.3 Å². The molecule has 25 heavy (non-hydrogen) atoms. The van der Waals surface area contributed by atoms with Crippen molar-refractivity contribution in [1.82, 2.24) is 0 Å². The largest absolute Gasteiger partial charge is 0.493 e. The molecule has 0 radical (unpaired) electrons. The third-order valence-electron chi connectivity index (χ3n) is 4.44. The van der Waals surface area contributed by atoms with Gasteiger partial charge >= 0.3 is 11.6 Å². The number of rotatable bonds is 5. The van der Waals surface area contributed by atoms with Crippen LogP contribution in [0.3, 0.4) is 0 Å². The second kappa shape index (κ2) is 7.17. The fourth-order valence-electron chi connectivity index (χ4n) is 3.22. The predicted molar refractivity (Wildman–Crippen MR) is 92.4 cm³/mol. The van der Waals surface area contributed by atoms with Gasteiger partial charge in [0.1, 0.15) is 0 Å². The summed E-state index contributed by atoms with van der Waals surface area (Å²) < 4.78 is 21.7. The van der Waals surface area contributed by atoms with Crippen LogP contribution in [0.4, 0.5) is 0 Å². The smallest absolute Gasteiger partial charge is 0.347 e. The molecule has 1 aromatic carbocycles. The van der Waals surface area contributed by atoms with E-state index in [0.29, 0.717) is 11.3 Å². The standard InChI is InChI=1S/C19H22O6/c1-4-23-18(20)11(2)24-17-15(22-3)10-9-13-12-7-5-6-8-14(12)19(21)25-16(13)17/h9-11H,4-8H2,1-3H3/t11-/m0/s1. The van der Waals surface area contributed by atoms with Gasteiger partial charge in [-0.25, -0.2) is 9.59 Å². The lowest BCUT2D eigenvalue weighted by molar-refractivity contribution is -0.150. The number of benzene rings is 1. The van der Waals surface area contributed by atoms with E-state index in [1.54, 1.807) is 19.9 Å². The Morgan fingerprint density at radius 2 is 1.96 bits per heavy atom. The van der Waals surface area contributed by atoms with Crippen molar-refractivity contribution in [3.05, 3.63) is 33.7 Å². The number of carbonyl (C=O) groups excluding carboxylic acids is 1. The van der Waals surface area contributed by atoms with Crippen LogP contribution in [0, 0.1) is 0 Å². The van der Waals surface area contributed by atoms with Gasteiger partial charge in [-0.15, -0.1) is 0 Å². The molecule has 0 saturated heterocycles. The van der Waals surface area contributed by atoms with E-state index >= 15 is 0 Å². The molecule has 6 heteroatoms. The molecule has 0 aliphatic heterocycles. The quantitative estimate of drug-likeness (QED) is 0.612. The minimum Gasteiger partial charge on any atom is -0.493 e. The van der Waals surface area contributed by atoms with E-state index < -0.39 is 12.1 Å². The monoisotopic (exact) mass is 346 g/mol. The molecule has 1 atom stereocenters. The number of methoxy groups -OCH3 is 1. The molecule has 1 heterocycles. The summed E-state index contributed by atoms with van der Waals surface area (Å²) in [4.78, 5) is 24.3. The first-order valence-corrected chi connectivity index (χ1v) is 8.55. The lowest BCUT2D eigenvalue weighted by atomic mass is 9.90. The number of hydrogen-bond acceptors (Lipinski definition) is 6. The predicted octanol–water partition coefficient (Wildman–Crippen LogP) is 3.01. The van der Waals surface area contributed by atoms with Gasteiger partial charge in [0.05, 0.1) is 13.7 Å². The lowest BCUT2D eigenvalue weighted by Gasteiger charge is -2.20. The maximum atomic E-state index is 12.4. The Labute approximate surface area is 145 Å². The third kappa shape index (κ3) is 3.21. The van der Waals surface area contributed by atoms with Crippen molar-refractivity contribution in [3.8, 4) is 11.5 Å². The molecule has 3 rings (SSSR count). The van der Waals surface area contributed by atoms with Gasteiger partial charge in [0, 0.05) is 10.9 Å². The Balaban J connectivity index is 2.14. The van der Waals surface area contributed by atoms with Crippen LogP contribution in [0.5, 0.6) is 11.5 Å². The van der Waals surface area contributed by atoms with Crippen LogP contribution in [0.25, 0.3) is 11.0 Å². The average molecular weight is 346 g/mol. The summed E-state index contributed by atoms with van der Waals surface area (Å²) >= 11 is 0. The average Bonchev–Trinajstić information content (AvgIpc) is 2.62. The minimum absolute atomic E-state index is 0.256. The zero-order chi connectivity index (χ0) is 18.0. The molecular weight excluding hydrogens is 324 g/mol. The van der Waals surface area contributed by atoms with Crippen molar-refractivity contribution in [2.24, 2.45) is 0 Å². The first-order chi connectivity index (χ1) is 12.1. The fraction of sp³-hybridized carbons (Fsp3) is 0.474. The van der Waals surface area contributed by atoms with Gasteiger partial charge in [0.15, 0.2) is 17.4 Å². The van der Waals surface area contributed by atoms with Crippen LogP contribution in [-0.4, -0.2) is 25.8 Å². The van der Waals surface area contributed by atoms with Gasteiger partial charge in [0.2, 0.25) is 5.75 Å². The van der Waals surface area contributed by atoms with E-state index in [0.717, 1.165) is 42.2 Å². The maximum Gasteiger partial charge on any atom is 0.347 e. The first kappa shape index (κ1) is 17.3. The topological polar surface area (TPSA) is 75.0 Å². The molecule has 0 bridgehead atoms. The summed E-state index contributed by atoms with van der Waals surface area (Å²) in [6.07, 6.45) is 2.74. The Morgan fingerprint density at radius 3 is 2.64 bits per heavy atom. The molecule has 0 fully saturated rings. The second-order valence-electron chi connectivity index (χ2n) is 6.04. The number of ether oxygens (including phenoxy) is 3. The molecule has 0 amide bonds. The molecule has 6 nitrogen and oxygen atoms in total. The lowest BCUT2D eigenvalue weighted by Crippen LogP contribution is -2.26. The number of carbonyl (C=O) groups is 1. The van der Waals surface area contributed by atoms with Crippen LogP contribution in [0.2, 0.25) is 0 Å². The van der Waals surface area contributed by atoms with Crippen molar-refractivity contribution < 1.29 is 23.4 Å². The van der Waals surface area contributed by atoms with Crippen molar-refractivity contribution in [3.63, 3.8) is 0 Å². The van der Waals surface area contributed by atoms with Gasteiger partial charge in [-0.3, -0.25) is 0 Å². The molecule has 134 valence electrons. The van der Waals surface area contributed by atoms with Crippen molar-refractivity contribution >= 4 is 16.9 Å². The second-order valence-corrected chi connectivity index (χ2v) is 6.04. The van der Waals surface area contributed by atoms with E-state index in [-0.39, 0.29) is 18.0 Å². The Morgan fingerprint density at radius 1 is 1.24 bits per heavy atom. The highest BCUT2D eigenvalue weighted by molar-refractivity contribution is 5.89. The van der Waals surface area contributed by atoms with Gasteiger partial charge in [-0.2, -0.15) is 0 Å². The molecule has 0 unspecified atom stereocenters. The number of esters is 1. The first-order valence-electron chi connectivity index (χ1n) is 8.55. The van der Waals surface area contributed by atoms with Gasteiger partial charge < -0.3 is 18.6 Å². The van der Waals surface area contributed by atoms with Crippen LogP contribution in [-0.2, 0) is 22.4 Å². The molecule has 1 aliphatic rings. The summed E-state index contributed by atoms with van der Waals surface area (Å²) in [5, 5.41) is 0.834. The van der Waals surface area contributed by atoms with E-state index in [2.05, 4.69) is 0 Å². The van der Waals surface area contributed by atoms with E-state index in [9.17, 15) is 9.59 Å². The molecular formula is C19H22O6.